The molecule has 0 aromatic heterocycles. The Morgan fingerprint density at radius 1 is 0.500 bits per heavy atom. The normalized spacial score (nSPS) is 14.4. The van der Waals surface area contributed by atoms with Crippen LogP contribution in [0.1, 0.15) is 258 Å². The number of aliphatic hydroxyl groups excluding tert-OH is 1. The Morgan fingerprint density at radius 3 is 1.26 bits per heavy atom. The number of quaternary nitrogens is 1. The third-order valence-electron chi connectivity index (χ3n) is 12.7. The van der Waals surface area contributed by atoms with Gasteiger partial charge in [-0.25, -0.2) is 4.57 Å². The molecule has 0 fully saturated rings. The van der Waals surface area contributed by atoms with E-state index >= 15 is 0 Å². The maximum Gasteiger partial charge on any atom is 0.472 e. The predicted molar refractivity (Wildman–Crippen MR) is 295 cm³/mol. The van der Waals surface area contributed by atoms with Gasteiger partial charge in [-0.1, -0.05) is 235 Å². The number of rotatable bonds is 52. The molecule has 68 heavy (non-hydrogen) atoms. The van der Waals surface area contributed by atoms with E-state index in [9.17, 15) is 19.4 Å². The molecule has 1 amide bonds. The first-order valence-corrected chi connectivity index (χ1v) is 30.2. The number of amides is 1. The van der Waals surface area contributed by atoms with Crippen molar-refractivity contribution in [3.63, 3.8) is 0 Å². The number of allylic oxidation sites excluding steroid dienone is 9. The van der Waals surface area contributed by atoms with Gasteiger partial charge < -0.3 is 19.8 Å². The third kappa shape index (κ3) is 52.0. The van der Waals surface area contributed by atoms with E-state index in [1.54, 1.807) is 6.08 Å². The summed E-state index contributed by atoms with van der Waals surface area (Å²) in [6.07, 6.45) is 67.5. The van der Waals surface area contributed by atoms with E-state index in [2.05, 4.69) is 67.8 Å². The molecule has 0 saturated heterocycles. The Morgan fingerprint density at radius 2 is 0.853 bits per heavy atom. The van der Waals surface area contributed by atoms with E-state index in [-0.39, 0.29) is 19.1 Å². The summed E-state index contributed by atoms with van der Waals surface area (Å²) >= 11 is 0. The molecule has 0 saturated carbocycles. The van der Waals surface area contributed by atoms with Crippen LogP contribution in [0.25, 0.3) is 0 Å². The molecule has 0 heterocycles. The number of phosphoric ester groups is 1. The summed E-state index contributed by atoms with van der Waals surface area (Å²) < 4.78 is 23.7. The molecule has 0 aliphatic carbocycles. The quantitative estimate of drug-likeness (QED) is 0.0243. The number of nitrogens with one attached hydrogen (secondary N) is 1. The Bertz CT molecular complexity index is 1290. The maximum atomic E-state index is 13.0. The fraction of sp³-hybridized carbons (Fsp3) is 0.814. The molecule has 3 N–H and O–H groups in total. The number of hydrogen-bond acceptors (Lipinski definition) is 5. The molecule has 3 atom stereocenters. The molecule has 0 spiro atoms. The van der Waals surface area contributed by atoms with Crippen molar-refractivity contribution in [2.24, 2.45) is 0 Å². The summed E-state index contributed by atoms with van der Waals surface area (Å²) in [5.41, 5.74) is 0. The van der Waals surface area contributed by atoms with Gasteiger partial charge in [-0.2, -0.15) is 0 Å². The fourth-order valence-electron chi connectivity index (χ4n) is 8.16. The Balaban J connectivity index is 4.31. The summed E-state index contributed by atoms with van der Waals surface area (Å²) in [4.78, 5) is 23.3. The first-order chi connectivity index (χ1) is 33.0. The molecule has 398 valence electrons. The van der Waals surface area contributed by atoms with Crippen LogP contribution >= 0.6 is 7.82 Å². The second-order valence-electron chi connectivity index (χ2n) is 20.6. The first kappa shape index (κ1) is 66.2. The van der Waals surface area contributed by atoms with Crippen LogP contribution in [0.4, 0.5) is 0 Å². The van der Waals surface area contributed by atoms with Crippen LogP contribution < -0.4 is 5.32 Å². The third-order valence-corrected chi connectivity index (χ3v) is 13.7. The average Bonchev–Trinajstić information content (AvgIpc) is 3.30. The predicted octanol–water partition coefficient (Wildman–Crippen LogP) is 17.3. The van der Waals surface area contributed by atoms with E-state index in [1.165, 1.54) is 186 Å². The number of carbonyl (C=O) groups is 1. The first-order valence-electron chi connectivity index (χ1n) is 28.7. The summed E-state index contributed by atoms with van der Waals surface area (Å²) in [6, 6.07) is -0.873. The van der Waals surface area contributed by atoms with Gasteiger partial charge in [0.2, 0.25) is 5.91 Å². The molecule has 3 unspecified atom stereocenters. The van der Waals surface area contributed by atoms with Gasteiger partial charge in [0.05, 0.1) is 39.9 Å². The van der Waals surface area contributed by atoms with Crippen LogP contribution in [0.3, 0.4) is 0 Å². The van der Waals surface area contributed by atoms with E-state index in [1.807, 2.05) is 27.2 Å². The number of nitrogens with zero attached hydrogens (tertiary/aromatic N) is 1. The Hall–Kier alpha value is -1.80. The number of unbranched alkanes of at least 4 members (excludes halogenated alkanes) is 31. The van der Waals surface area contributed by atoms with Crippen molar-refractivity contribution in [2.75, 3.05) is 40.9 Å². The Labute approximate surface area is 422 Å². The van der Waals surface area contributed by atoms with Crippen LogP contribution in [0.15, 0.2) is 60.8 Å². The minimum atomic E-state index is -4.36. The highest BCUT2D eigenvalue weighted by molar-refractivity contribution is 7.47. The lowest BCUT2D eigenvalue weighted by Gasteiger charge is -2.25. The van der Waals surface area contributed by atoms with Crippen molar-refractivity contribution >= 4 is 13.7 Å². The van der Waals surface area contributed by atoms with Crippen molar-refractivity contribution in [2.45, 2.75) is 270 Å². The van der Waals surface area contributed by atoms with E-state index in [0.29, 0.717) is 17.4 Å². The average molecular weight is 977 g/mol. The topological polar surface area (TPSA) is 105 Å². The lowest BCUT2D eigenvalue weighted by Crippen LogP contribution is -2.45. The lowest BCUT2D eigenvalue weighted by molar-refractivity contribution is -0.870. The fourth-order valence-corrected chi connectivity index (χ4v) is 8.90. The molecule has 0 bridgehead atoms. The number of aliphatic hydroxyl groups is 1. The summed E-state index contributed by atoms with van der Waals surface area (Å²) in [6.45, 7) is 4.79. The number of phosphoric acid groups is 1. The van der Waals surface area contributed by atoms with Crippen molar-refractivity contribution in [3.05, 3.63) is 60.8 Å². The minimum Gasteiger partial charge on any atom is -0.387 e. The standard InChI is InChI=1S/C59H111N2O6P/c1-6-8-10-12-14-16-18-20-22-24-26-28-30-32-34-36-38-40-42-44-46-48-50-52-58(62)57(56-67-68(64,65)66-55-54-61(3,4)5)60-59(63)53-51-49-47-45-43-41-39-37-35-33-31-29-27-25-23-21-19-17-15-13-11-9-7-2/h19,21,25,27,34,36,42,44,50,52,57-58,62H,6-18,20,22-24,26,28-33,35,37-41,43,45-49,51,53-56H2,1-5H3,(H-,60,63,64,65)/p+1/b21-19-,27-25-,36-34+,44-42+,52-50+. The van der Waals surface area contributed by atoms with Gasteiger partial charge >= 0.3 is 7.82 Å². The van der Waals surface area contributed by atoms with Crippen molar-refractivity contribution in [3.8, 4) is 0 Å². The van der Waals surface area contributed by atoms with Gasteiger partial charge in [0.25, 0.3) is 0 Å². The molecule has 0 radical (unpaired) electrons. The second kappa shape index (κ2) is 50.2. The molecule has 0 aromatic carbocycles. The van der Waals surface area contributed by atoms with Crippen LogP contribution in [0.2, 0.25) is 0 Å². The smallest absolute Gasteiger partial charge is 0.387 e. The van der Waals surface area contributed by atoms with Crippen molar-refractivity contribution < 1.29 is 32.9 Å². The highest BCUT2D eigenvalue weighted by Crippen LogP contribution is 2.43. The zero-order valence-electron chi connectivity index (χ0n) is 45.3. The van der Waals surface area contributed by atoms with Crippen LogP contribution in [0.5, 0.6) is 0 Å². The van der Waals surface area contributed by atoms with Crippen LogP contribution in [0, 0.1) is 0 Å². The van der Waals surface area contributed by atoms with Crippen LogP contribution in [-0.2, 0) is 18.4 Å². The van der Waals surface area contributed by atoms with Gasteiger partial charge in [0, 0.05) is 6.42 Å². The second-order valence-corrected chi connectivity index (χ2v) is 22.1. The molecular formula is C59H112N2O6P+. The van der Waals surface area contributed by atoms with Gasteiger partial charge in [-0.3, -0.25) is 13.8 Å². The van der Waals surface area contributed by atoms with Crippen molar-refractivity contribution in [1.82, 2.24) is 5.32 Å². The number of hydrogen-bond donors (Lipinski definition) is 3. The monoisotopic (exact) mass is 976 g/mol. The van der Waals surface area contributed by atoms with Crippen molar-refractivity contribution in [1.29, 1.82) is 0 Å². The molecule has 8 nitrogen and oxygen atoms in total. The van der Waals surface area contributed by atoms with E-state index in [0.717, 1.165) is 51.4 Å². The van der Waals surface area contributed by atoms with Crippen LogP contribution in [-0.4, -0.2) is 73.4 Å². The Kier molecular flexibility index (Phi) is 48.8. The molecule has 0 aliphatic heterocycles. The van der Waals surface area contributed by atoms with Gasteiger partial charge in [-0.05, 0) is 77.0 Å². The van der Waals surface area contributed by atoms with E-state index in [4.69, 9.17) is 9.05 Å². The largest absolute Gasteiger partial charge is 0.472 e. The van der Waals surface area contributed by atoms with E-state index < -0.39 is 20.0 Å². The summed E-state index contributed by atoms with van der Waals surface area (Å²) in [5.74, 6) is -0.193. The van der Waals surface area contributed by atoms with Gasteiger partial charge in [0.1, 0.15) is 13.2 Å². The highest BCUT2D eigenvalue weighted by atomic mass is 31.2. The lowest BCUT2D eigenvalue weighted by atomic mass is 10.0. The molecule has 0 rings (SSSR count). The van der Waals surface area contributed by atoms with Gasteiger partial charge in [-0.15, -0.1) is 0 Å². The molecule has 9 heteroatoms. The molecule has 0 aliphatic rings. The minimum absolute atomic E-state index is 0.0517. The number of carbonyl (C=O) groups excluding carboxylic acids is 1. The molecule has 0 aromatic rings. The zero-order chi connectivity index (χ0) is 49.9. The van der Waals surface area contributed by atoms with Gasteiger partial charge in [0.15, 0.2) is 0 Å². The molecular weight excluding hydrogens is 864 g/mol. The summed E-state index contributed by atoms with van der Waals surface area (Å²) in [5, 5.41) is 13.9. The zero-order valence-corrected chi connectivity index (χ0v) is 46.2. The summed E-state index contributed by atoms with van der Waals surface area (Å²) in [7, 11) is 1.54. The number of likely N-dealkylation sites (N-methyl/N-ethyl adjacent to an activating group) is 1. The maximum absolute atomic E-state index is 13.0. The SMILES string of the molecule is CCCCCCC/C=C\C/C=C\CCCCCCCCCCCCCC(=O)NC(COP(=O)(O)OCC[N+](C)(C)C)C(O)/C=C/CC/C=C/CC/C=C/CCCCCCCCCCCCCCC. The highest BCUT2D eigenvalue weighted by Gasteiger charge is 2.27.